The average molecular weight is 542 g/mol. The molecule has 0 spiro atoms. The van der Waals surface area contributed by atoms with Gasteiger partial charge in [-0.2, -0.15) is 0 Å². The fourth-order valence-electron chi connectivity index (χ4n) is 2.34. The molecule has 0 aromatic heterocycles. The predicted octanol–water partition coefficient (Wildman–Crippen LogP) is 2.02. The zero-order chi connectivity index (χ0) is 20.8. The number of hydrogen-bond donors (Lipinski definition) is 3. The zero-order valence-corrected chi connectivity index (χ0v) is 20.9. The van der Waals surface area contributed by atoms with Crippen LogP contribution in [0.4, 0.5) is 0 Å². The van der Waals surface area contributed by atoms with Gasteiger partial charge in [-0.1, -0.05) is 12.1 Å². The molecule has 0 atom stereocenters. The van der Waals surface area contributed by atoms with Crippen LogP contribution in [0.15, 0.2) is 23.2 Å². The highest BCUT2D eigenvalue weighted by atomic mass is 127. The summed E-state index contributed by atoms with van der Waals surface area (Å²) in [4.78, 5) is 4.61. The number of aryl methyl sites for hydroxylation is 1. The molecule has 10 heteroatoms. The van der Waals surface area contributed by atoms with Crippen molar-refractivity contribution in [3.05, 3.63) is 29.3 Å². The minimum atomic E-state index is -3.15. The normalized spacial score (nSPS) is 11.7. The molecule has 0 saturated carbocycles. The van der Waals surface area contributed by atoms with Crippen molar-refractivity contribution in [1.29, 1.82) is 0 Å². The number of benzene rings is 1. The Hall–Kier alpha value is -1.11. The van der Waals surface area contributed by atoms with E-state index in [1.165, 1.54) is 0 Å². The average Bonchev–Trinajstić information content (AvgIpc) is 2.63. The van der Waals surface area contributed by atoms with Crippen molar-refractivity contribution in [2.45, 2.75) is 33.7 Å². The van der Waals surface area contributed by atoms with E-state index in [0.29, 0.717) is 51.8 Å². The third-order valence-electron chi connectivity index (χ3n) is 3.67. The molecule has 0 saturated heterocycles. The molecule has 0 aliphatic carbocycles. The van der Waals surface area contributed by atoms with Crippen molar-refractivity contribution in [2.24, 2.45) is 4.99 Å². The largest absolute Gasteiger partial charge is 0.491 e. The maximum atomic E-state index is 11.1. The first-order valence-electron chi connectivity index (χ1n) is 9.62. The van der Waals surface area contributed by atoms with Crippen molar-refractivity contribution in [1.82, 2.24) is 15.4 Å². The molecule has 1 rings (SSSR count). The van der Waals surface area contributed by atoms with E-state index in [-0.39, 0.29) is 24.0 Å². The Balaban J connectivity index is 0.00000784. The Morgan fingerprint density at radius 1 is 1.14 bits per heavy atom. The van der Waals surface area contributed by atoms with E-state index in [4.69, 9.17) is 9.47 Å². The molecule has 29 heavy (non-hydrogen) atoms. The van der Waals surface area contributed by atoms with E-state index in [1.807, 2.05) is 39.0 Å². The number of aliphatic imine (C=N–C) groups is 1. The first kappa shape index (κ1) is 27.9. The van der Waals surface area contributed by atoms with Gasteiger partial charge in [0.25, 0.3) is 0 Å². The van der Waals surface area contributed by atoms with Crippen LogP contribution in [-0.2, 0) is 21.3 Å². The summed E-state index contributed by atoms with van der Waals surface area (Å²) in [6, 6.07) is 6.07. The second-order valence-electron chi connectivity index (χ2n) is 6.30. The fraction of sp³-hybridized carbons (Fsp3) is 0.632. The minimum absolute atomic E-state index is 0. The van der Waals surface area contributed by atoms with Crippen molar-refractivity contribution in [2.75, 3.05) is 45.7 Å². The summed E-state index contributed by atoms with van der Waals surface area (Å²) >= 11 is 0. The van der Waals surface area contributed by atoms with Gasteiger partial charge in [0.1, 0.15) is 12.4 Å². The Labute approximate surface area is 192 Å². The van der Waals surface area contributed by atoms with Crippen molar-refractivity contribution in [3.63, 3.8) is 0 Å². The minimum Gasteiger partial charge on any atom is -0.491 e. The number of rotatable bonds is 13. The van der Waals surface area contributed by atoms with E-state index in [2.05, 4.69) is 20.3 Å². The molecule has 0 unspecified atom stereocenters. The van der Waals surface area contributed by atoms with Gasteiger partial charge in [-0.25, -0.2) is 18.1 Å². The van der Waals surface area contributed by atoms with Gasteiger partial charge in [0.2, 0.25) is 10.0 Å². The summed E-state index contributed by atoms with van der Waals surface area (Å²) in [5, 5.41) is 6.40. The highest BCUT2D eigenvalue weighted by Gasteiger charge is 2.06. The van der Waals surface area contributed by atoms with Crippen LogP contribution in [0.2, 0.25) is 0 Å². The number of nitrogens with zero attached hydrogens (tertiary/aromatic N) is 1. The topological polar surface area (TPSA) is 101 Å². The second kappa shape index (κ2) is 15.7. The molecule has 0 aliphatic rings. The van der Waals surface area contributed by atoms with Gasteiger partial charge >= 0.3 is 0 Å². The van der Waals surface area contributed by atoms with Crippen LogP contribution in [0.1, 0.15) is 31.4 Å². The molecule has 0 heterocycles. The predicted molar refractivity (Wildman–Crippen MR) is 129 cm³/mol. The van der Waals surface area contributed by atoms with Gasteiger partial charge in [-0.15, -0.1) is 24.0 Å². The van der Waals surface area contributed by atoms with E-state index in [9.17, 15) is 8.42 Å². The first-order chi connectivity index (χ1) is 13.4. The third kappa shape index (κ3) is 13.7. The second-order valence-corrected chi connectivity index (χ2v) is 8.13. The Morgan fingerprint density at radius 2 is 1.90 bits per heavy atom. The van der Waals surface area contributed by atoms with Gasteiger partial charge in [0.05, 0.1) is 19.4 Å². The number of halogens is 1. The molecular formula is C19H35IN4O4S. The Bertz CT molecular complexity index is 714. The standard InChI is InChI=1S/C19H34N4O4S.HI/c1-5-20-19(21-10-7-11-23-28(4,24)25)22-15-17-9-8-16(3)14-18(17)27-13-12-26-6-2;/h8-9,14,23H,5-7,10-13,15H2,1-4H3,(H2,20,21,22);1H. The smallest absolute Gasteiger partial charge is 0.208 e. The third-order valence-corrected chi connectivity index (χ3v) is 4.40. The van der Waals surface area contributed by atoms with E-state index in [0.717, 1.165) is 29.7 Å². The Morgan fingerprint density at radius 3 is 2.55 bits per heavy atom. The molecule has 0 aliphatic heterocycles. The quantitative estimate of drug-likeness (QED) is 0.153. The maximum Gasteiger partial charge on any atom is 0.208 e. The number of ether oxygens (including phenoxy) is 2. The van der Waals surface area contributed by atoms with Crippen LogP contribution >= 0.6 is 24.0 Å². The van der Waals surface area contributed by atoms with Crippen LogP contribution in [-0.4, -0.2) is 60.1 Å². The zero-order valence-electron chi connectivity index (χ0n) is 17.8. The molecule has 0 fully saturated rings. The van der Waals surface area contributed by atoms with Crippen LogP contribution in [0, 0.1) is 6.92 Å². The van der Waals surface area contributed by atoms with E-state index >= 15 is 0 Å². The molecule has 0 bridgehead atoms. The summed E-state index contributed by atoms with van der Waals surface area (Å²) in [7, 11) is -3.15. The Kier molecular flexibility index (Phi) is 15.1. The lowest BCUT2D eigenvalue weighted by atomic mass is 10.1. The highest BCUT2D eigenvalue weighted by Crippen LogP contribution is 2.21. The van der Waals surface area contributed by atoms with Crippen molar-refractivity contribution >= 4 is 40.0 Å². The van der Waals surface area contributed by atoms with Crippen LogP contribution in [0.25, 0.3) is 0 Å². The molecule has 8 nitrogen and oxygen atoms in total. The number of hydrogen-bond acceptors (Lipinski definition) is 5. The first-order valence-corrected chi connectivity index (χ1v) is 11.5. The maximum absolute atomic E-state index is 11.1. The number of guanidine groups is 1. The lowest BCUT2D eigenvalue weighted by molar-refractivity contribution is 0.110. The molecule has 1 aromatic carbocycles. The lowest BCUT2D eigenvalue weighted by Gasteiger charge is -2.14. The summed E-state index contributed by atoms with van der Waals surface area (Å²) in [6.07, 6.45) is 1.81. The van der Waals surface area contributed by atoms with Gasteiger partial charge < -0.3 is 20.1 Å². The summed E-state index contributed by atoms with van der Waals surface area (Å²) in [5.41, 5.74) is 2.13. The van der Waals surface area contributed by atoms with Gasteiger partial charge in [0.15, 0.2) is 5.96 Å². The van der Waals surface area contributed by atoms with E-state index in [1.54, 1.807) is 0 Å². The monoisotopic (exact) mass is 542 g/mol. The molecule has 3 N–H and O–H groups in total. The molecular weight excluding hydrogens is 507 g/mol. The number of sulfonamides is 1. The van der Waals surface area contributed by atoms with Crippen molar-refractivity contribution in [3.8, 4) is 5.75 Å². The lowest BCUT2D eigenvalue weighted by Crippen LogP contribution is -2.38. The van der Waals surface area contributed by atoms with Gasteiger partial charge in [-0.3, -0.25) is 0 Å². The van der Waals surface area contributed by atoms with Gasteiger partial charge in [0, 0.05) is 31.8 Å². The number of nitrogens with one attached hydrogen (secondary N) is 3. The molecule has 0 amide bonds. The fourth-order valence-corrected chi connectivity index (χ4v) is 2.86. The van der Waals surface area contributed by atoms with E-state index < -0.39 is 10.0 Å². The highest BCUT2D eigenvalue weighted by molar-refractivity contribution is 14.0. The van der Waals surface area contributed by atoms with Crippen LogP contribution in [0.3, 0.4) is 0 Å². The van der Waals surface area contributed by atoms with Crippen LogP contribution < -0.4 is 20.1 Å². The molecule has 1 aromatic rings. The van der Waals surface area contributed by atoms with Gasteiger partial charge in [-0.05, 0) is 38.8 Å². The van der Waals surface area contributed by atoms with Crippen LogP contribution in [0.5, 0.6) is 5.75 Å². The van der Waals surface area contributed by atoms with Crippen molar-refractivity contribution < 1.29 is 17.9 Å². The summed E-state index contributed by atoms with van der Waals surface area (Å²) < 4.78 is 35.8. The SMILES string of the molecule is CCNC(=NCc1ccc(C)cc1OCCOCC)NCCCNS(C)(=O)=O.I. The summed E-state index contributed by atoms with van der Waals surface area (Å²) in [5.74, 6) is 1.50. The molecule has 168 valence electrons. The summed E-state index contributed by atoms with van der Waals surface area (Å²) in [6.45, 7) is 9.92. The molecule has 0 radical (unpaired) electrons.